The Morgan fingerprint density at radius 2 is 1.12 bits per heavy atom. The lowest BCUT2D eigenvalue weighted by molar-refractivity contribution is -0.132. The number of carboxylic acid groups (broad SMARTS) is 2. The second-order valence-corrected chi connectivity index (χ2v) is 5.28. The zero-order valence-corrected chi connectivity index (χ0v) is 12.4. The summed E-state index contributed by atoms with van der Waals surface area (Å²) in [5.74, 6) is -2.27. The minimum Gasteiger partial charge on any atom is -0.478 e. The maximum Gasteiger partial charge on any atom is 0.328 e. The topological polar surface area (TPSA) is 91.7 Å². The molecular weight excluding hydrogens is 308 g/mol. The Morgan fingerprint density at radius 1 is 0.708 bits per heavy atom. The summed E-state index contributed by atoms with van der Waals surface area (Å²) in [4.78, 5) is 33.8. The van der Waals surface area contributed by atoms with Crippen LogP contribution in [0.1, 0.15) is 27.0 Å². The van der Waals surface area contributed by atoms with Gasteiger partial charge in [0.2, 0.25) is 0 Å². The lowest BCUT2D eigenvalue weighted by Gasteiger charge is -2.01. The molecule has 0 aliphatic heterocycles. The van der Waals surface area contributed by atoms with Crippen LogP contribution in [0.2, 0.25) is 0 Å². The van der Waals surface area contributed by atoms with Gasteiger partial charge in [0.1, 0.15) is 0 Å². The van der Waals surface area contributed by atoms with Crippen molar-refractivity contribution in [2.75, 3.05) is 0 Å². The fraction of sp³-hybridized carbons (Fsp3) is 0. The number of rotatable bonds is 4. The van der Waals surface area contributed by atoms with Crippen molar-refractivity contribution in [1.82, 2.24) is 0 Å². The van der Waals surface area contributed by atoms with Crippen LogP contribution in [0.4, 0.5) is 0 Å². The molecule has 0 aromatic heterocycles. The molecule has 5 heteroatoms. The smallest absolute Gasteiger partial charge is 0.328 e. The van der Waals surface area contributed by atoms with E-state index in [4.69, 9.17) is 10.2 Å². The minimum absolute atomic E-state index is 0.156. The third-order valence-electron chi connectivity index (χ3n) is 3.70. The summed E-state index contributed by atoms with van der Waals surface area (Å²) in [6, 6.07) is 10.4. The highest BCUT2D eigenvalue weighted by molar-refractivity contribution is 6.22. The molecule has 0 heterocycles. The average molecular weight is 320 g/mol. The molecule has 2 aromatic carbocycles. The van der Waals surface area contributed by atoms with Gasteiger partial charge in [0.05, 0.1) is 0 Å². The lowest BCUT2D eigenvalue weighted by Crippen LogP contribution is -1.96. The standard InChI is InChI=1S/C19H12O5/c20-17(21)7-3-11-1-5-13-14-6-2-12(4-8-18(22)23)10-16(14)19(24)15(13)9-11/h1-10H,(H,20,21)(H,22,23). The van der Waals surface area contributed by atoms with Crippen molar-refractivity contribution >= 4 is 29.9 Å². The quantitative estimate of drug-likeness (QED) is 0.721. The van der Waals surface area contributed by atoms with Gasteiger partial charge in [-0.1, -0.05) is 24.3 Å². The molecule has 1 aliphatic carbocycles. The SMILES string of the molecule is O=C(O)C=Cc1ccc2c(c1)C(=O)c1cc(C=CC(=O)O)ccc1-2. The van der Waals surface area contributed by atoms with Crippen LogP contribution in [0.15, 0.2) is 48.6 Å². The molecule has 0 atom stereocenters. The van der Waals surface area contributed by atoms with Gasteiger partial charge in [-0.2, -0.15) is 0 Å². The molecular formula is C19H12O5. The van der Waals surface area contributed by atoms with E-state index < -0.39 is 11.9 Å². The Kier molecular flexibility index (Phi) is 3.83. The van der Waals surface area contributed by atoms with Gasteiger partial charge in [-0.25, -0.2) is 9.59 Å². The first kappa shape index (κ1) is 15.4. The maximum absolute atomic E-state index is 12.6. The second-order valence-electron chi connectivity index (χ2n) is 5.28. The number of carbonyl (C=O) groups is 3. The number of carbonyl (C=O) groups excluding carboxylic acids is 1. The van der Waals surface area contributed by atoms with Crippen LogP contribution in [-0.4, -0.2) is 27.9 Å². The minimum atomic E-state index is -1.06. The van der Waals surface area contributed by atoms with Gasteiger partial charge < -0.3 is 10.2 Å². The first-order valence-corrected chi connectivity index (χ1v) is 7.11. The molecule has 2 N–H and O–H groups in total. The fourth-order valence-corrected chi connectivity index (χ4v) is 2.66. The molecule has 0 saturated carbocycles. The van der Waals surface area contributed by atoms with Gasteiger partial charge in [0.25, 0.3) is 0 Å². The average Bonchev–Trinajstić information content (AvgIpc) is 2.83. The number of hydrogen-bond acceptors (Lipinski definition) is 3. The molecule has 0 amide bonds. The highest BCUT2D eigenvalue weighted by Gasteiger charge is 2.26. The number of carboxylic acids is 2. The summed E-state index contributed by atoms with van der Waals surface area (Å²) in [5, 5.41) is 17.4. The largest absolute Gasteiger partial charge is 0.478 e. The summed E-state index contributed by atoms with van der Waals surface area (Å²) in [7, 11) is 0. The molecule has 0 unspecified atom stereocenters. The molecule has 5 nitrogen and oxygen atoms in total. The molecule has 2 aromatic rings. The molecule has 0 fully saturated rings. The monoisotopic (exact) mass is 320 g/mol. The molecule has 0 saturated heterocycles. The van der Waals surface area contributed by atoms with Crippen LogP contribution in [0.3, 0.4) is 0 Å². The van der Waals surface area contributed by atoms with Crippen molar-refractivity contribution in [3.05, 3.63) is 70.8 Å². The Hall–Kier alpha value is -3.47. The van der Waals surface area contributed by atoms with Gasteiger partial charge in [-0.05, 0) is 46.5 Å². The summed E-state index contributed by atoms with van der Waals surface area (Å²) < 4.78 is 0. The summed E-state index contributed by atoms with van der Waals surface area (Å²) in [6.07, 6.45) is 4.89. The Labute approximate surface area is 137 Å². The lowest BCUT2D eigenvalue weighted by atomic mass is 10.0. The molecule has 118 valence electrons. The maximum atomic E-state index is 12.6. The van der Waals surface area contributed by atoms with Crippen molar-refractivity contribution in [3.8, 4) is 11.1 Å². The number of fused-ring (bicyclic) bond motifs is 3. The van der Waals surface area contributed by atoms with E-state index in [1.807, 2.05) is 0 Å². The Bertz CT molecular complexity index is 859. The van der Waals surface area contributed by atoms with E-state index in [0.29, 0.717) is 22.3 Å². The molecule has 24 heavy (non-hydrogen) atoms. The van der Waals surface area contributed by atoms with Crippen molar-refractivity contribution in [3.63, 3.8) is 0 Å². The molecule has 0 spiro atoms. The van der Waals surface area contributed by atoms with Crippen LogP contribution >= 0.6 is 0 Å². The van der Waals surface area contributed by atoms with Crippen molar-refractivity contribution < 1.29 is 24.6 Å². The van der Waals surface area contributed by atoms with Crippen molar-refractivity contribution in [2.45, 2.75) is 0 Å². The zero-order valence-electron chi connectivity index (χ0n) is 12.4. The van der Waals surface area contributed by atoms with Crippen LogP contribution in [0.25, 0.3) is 23.3 Å². The van der Waals surface area contributed by atoms with Gasteiger partial charge in [0, 0.05) is 23.3 Å². The normalized spacial score (nSPS) is 12.6. The predicted molar refractivity (Wildman–Crippen MR) is 88.7 cm³/mol. The van der Waals surface area contributed by atoms with E-state index in [2.05, 4.69) is 0 Å². The van der Waals surface area contributed by atoms with Gasteiger partial charge in [-0.3, -0.25) is 4.79 Å². The van der Waals surface area contributed by atoms with Crippen LogP contribution < -0.4 is 0 Å². The Balaban J connectivity index is 2.00. The second kappa shape index (κ2) is 5.96. The van der Waals surface area contributed by atoms with Crippen molar-refractivity contribution in [2.24, 2.45) is 0 Å². The highest BCUT2D eigenvalue weighted by atomic mass is 16.4. The van der Waals surface area contributed by atoms with E-state index in [0.717, 1.165) is 23.3 Å². The third kappa shape index (κ3) is 2.87. The zero-order chi connectivity index (χ0) is 17.3. The van der Waals surface area contributed by atoms with Crippen LogP contribution in [0, 0.1) is 0 Å². The van der Waals surface area contributed by atoms with E-state index >= 15 is 0 Å². The van der Waals surface area contributed by atoms with Crippen LogP contribution in [0.5, 0.6) is 0 Å². The first-order valence-electron chi connectivity index (χ1n) is 7.11. The number of benzene rings is 2. The Morgan fingerprint density at radius 3 is 1.50 bits per heavy atom. The van der Waals surface area contributed by atoms with E-state index in [1.54, 1.807) is 36.4 Å². The van der Waals surface area contributed by atoms with Gasteiger partial charge in [-0.15, -0.1) is 0 Å². The number of aliphatic carboxylic acids is 2. The van der Waals surface area contributed by atoms with Gasteiger partial charge >= 0.3 is 11.9 Å². The number of hydrogen-bond donors (Lipinski definition) is 2. The third-order valence-corrected chi connectivity index (χ3v) is 3.70. The highest BCUT2D eigenvalue weighted by Crippen LogP contribution is 2.37. The molecule has 3 rings (SSSR count). The van der Waals surface area contributed by atoms with E-state index in [9.17, 15) is 14.4 Å². The molecule has 0 bridgehead atoms. The summed E-state index contributed by atoms with van der Waals surface area (Å²) in [6.45, 7) is 0. The van der Waals surface area contributed by atoms with Crippen LogP contribution in [-0.2, 0) is 9.59 Å². The molecule has 0 radical (unpaired) electrons. The summed E-state index contributed by atoms with van der Waals surface area (Å²) >= 11 is 0. The van der Waals surface area contributed by atoms with E-state index in [1.165, 1.54) is 12.2 Å². The van der Waals surface area contributed by atoms with Crippen molar-refractivity contribution in [1.29, 1.82) is 0 Å². The fourth-order valence-electron chi connectivity index (χ4n) is 2.66. The first-order chi connectivity index (χ1) is 11.5. The number of ketones is 1. The molecule has 1 aliphatic rings. The van der Waals surface area contributed by atoms with Gasteiger partial charge in [0.15, 0.2) is 5.78 Å². The summed E-state index contributed by atoms with van der Waals surface area (Å²) in [5.41, 5.74) is 3.85. The predicted octanol–water partition coefficient (Wildman–Crippen LogP) is 3.09. The van der Waals surface area contributed by atoms with E-state index in [-0.39, 0.29) is 5.78 Å².